The Hall–Kier alpha value is -1.08. The van der Waals surface area contributed by atoms with Crippen molar-refractivity contribution in [1.82, 2.24) is 5.32 Å². The molecule has 0 saturated heterocycles. The Morgan fingerprint density at radius 3 is 2.13 bits per heavy atom. The third-order valence-electron chi connectivity index (χ3n) is 4.57. The maximum absolute atomic E-state index is 4.30. The lowest BCUT2D eigenvalue weighted by atomic mass is 9.86. The molecule has 0 bridgehead atoms. The van der Waals surface area contributed by atoms with Crippen LogP contribution in [0.4, 0.5) is 0 Å². The molecule has 0 amide bonds. The van der Waals surface area contributed by atoms with E-state index in [0.29, 0.717) is 23.9 Å². The molecular formula is C22H39N. The first-order valence-electron chi connectivity index (χ1n) is 9.46. The topological polar surface area (TPSA) is 12.0 Å². The van der Waals surface area contributed by atoms with Crippen molar-refractivity contribution >= 4 is 0 Å². The molecule has 0 aromatic carbocycles. The zero-order valence-electron chi connectivity index (χ0n) is 16.3. The summed E-state index contributed by atoms with van der Waals surface area (Å²) in [5.74, 6) is 1.03. The van der Waals surface area contributed by atoms with Crippen LogP contribution in [-0.2, 0) is 0 Å². The fourth-order valence-electron chi connectivity index (χ4n) is 2.83. The van der Waals surface area contributed by atoms with Crippen LogP contribution >= 0.6 is 0 Å². The Morgan fingerprint density at radius 1 is 0.957 bits per heavy atom. The van der Waals surface area contributed by atoms with E-state index < -0.39 is 0 Å². The minimum Gasteiger partial charge on any atom is -0.310 e. The van der Waals surface area contributed by atoms with Gasteiger partial charge >= 0.3 is 0 Å². The summed E-state index contributed by atoms with van der Waals surface area (Å²) in [5.41, 5.74) is 1.26. The van der Waals surface area contributed by atoms with Gasteiger partial charge in [0, 0.05) is 12.1 Å². The predicted octanol–water partition coefficient (Wildman–Crippen LogP) is 6.45. The van der Waals surface area contributed by atoms with Crippen LogP contribution in [0.15, 0.2) is 48.6 Å². The van der Waals surface area contributed by atoms with Crippen molar-refractivity contribution in [3.63, 3.8) is 0 Å². The average molecular weight is 318 g/mol. The molecule has 0 radical (unpaired) electrons. The van der Waals surface area contributed by atoms with Gasteiger partial charge in [0.1, 0.15) is 0 Å². The number of allylic oxidation sites excluding steroid dienone is 5. The first-order chi connectivity index (χ1) is 11.0. The molecule has 23 heavy (non-hydrogen) atoms. The molecule has 0 aliphatic heterocycles. The van der Waals surface area contributed by atoms with Gasteiger partial charge < -0.3 is 5.32 Å². The molecule has 0 aromatic rings. The van der Waals surface area contributed by atoms with Crippen LogP contribution in [-0.4, -0.2) is 12.1 Å². The minimum atomic E-state index is 0.461. The molecule has 4 atom stereocenters. The molecule has 0 saturated carbocycles. The summed E-state index contributed by atoms with van der Waals surface area (Å²) in [5, 5.41) is 3.85. The summed E-state index contributed by atoms with van der Waals surface area (Å²) in [7, 11) is 0. The summed E-state index contributed by atoms with van der Waals surface area (Å²) >= 11 is 0. The summed E-state index contributed by atoms with van der Waals surface area (Å²) in [6, 6.07) is 0.953. The Balaban J connectivity index is 4.76. The first kappa shape index (κ1) is 21.9. The van der Waals surface area contributed by atoms with Gasteiger partial charge in [0.05, 0.1) is 0 Å². The number of hydrogen-bond donors (Lipinski definition) is 1. The molecule has 1 N–H and O–H groups in total. The second kappa shape index (κ2) is 13.4. The second-order valence-corrected chi connectivity index (χ2v) is 6.45. The van der Waals surface area contributed by atoms with E-state index in [0.717, 1.165) is 25.7 Å². The fraction of sp³-hybridized carbons (Fsp3) is 0.636. The van der Waals surface area contributed by atoms with Crippen LogP contribution in [0.5, 0.6) is 0 Å². The summed E-state index contributed by atoms with van der Waals surface area (Å²) in [4.78, 5) is 0. The molecule has 0 aromatic heterocycles. The predicted molar refractivity (Wildman–Crippen MR) is 107 cm³/mol. The van der Waals surface area contributed by atoms with Gasteiger partial charge in [0.2, 0.25) is 0 Å². The molecule has 0 aliphatic carbocycles. The lowest BCUT2D eigenvalue weighted by Gasteiger charge is -2.31. The van der Waals surface area contributed by atoms with E-state index in [9.17, 15) is 0 Å². The molecule has 0 rings (SSSR count). The fourth-order valence-corrected chi connectivity index (χ4v) is 2.83. The first-order valence-corrected chi connectivity index (χ1v) is 9.46. The van der Waals surface area contributed by atoms with Crippen molar-refractivity contribution in [2.24, 2.45) is 11.8 Å². The van der Waals surface area contributed by atoms with Gasteiger partial charge in [-0.1, -0.05) is 83.2 Å². The molecule has 132 valence electrons. The summed E-state index contributed by atoms with van der Waals surface area (Å²) in [6.07, 6.45) is 17.7. The Morgan fingerprint density at radius 2 is 1.61 bits per heavy atom. The highest BCUT2D eigenvalue weighted by Crippen LogP contribution is 2.23. The van der Waals surface area contributed by atoms with Crippen LogP contribution in [0, 0.1) is 11.8 Å². The molecule has 1 nitrogen and oxygen atoms in total. The van der Waals surface area contributed by atoms with Crippen molar-refractivity contribution in [1.29, 1.82) is 0 Å². The SMILES string of the molecule is C=C(/C=C\CC)C(CC)C(CC)NC(C)C(C)/C=C\C=C/CC. The molecule has 1 heteroatoms. The van der Waals surface area contributed by atoms with Crippen molar-refractivity contribution in [2.45, 2.75) is 79.3 Å². The van der Waals surface area contributed by atoms with Crippen LogP contribution in [0.1, 0.15) is 67.2 Å². The summed E-state index contributed by atoms with van der Waals surface area (Å²) < 4.78 is 0. The normalized spacial score (nSPS) is 17.8. The van der Waals surface area contributed by atoms with E-state index in [-0.39, 0.29) is 0 Å². The molecule has 0 fully saturated rings. The maximum atomic E-state index is 4.30. The Bertz CT molecular complexity index is 389. The monoisotopic (exact) mass is 317 g/mol. The van der Waals surface area contributed by atoms with Gasteiger partial charge in [0.15, 0.2) is 0 Å². The molecule has 0 aliphatic rings. The maximum Gasteiger partial charge on any atom is 0.0136 e. The third-order valence-corrected chi connectivity index (χ3v) is 4.57. The number of nitrogens with one attached hydrogen (secondary N) is 1. The highest BCUT2D eigenvalue weighted by molar-refractivity contribution is 5.19. The van der Waals surface area contributed by atoms with E-state index in [1.807, 2.05) is 0 Å². The molecule has 4 unspecified atom stereocenters. The lowest BCUT2D eigenvalue weighted by molar-refractivity contribution is 0.319. The van der Waals surface area contributed by atoms with E-state index in [4.69, 9.17) is 0 Å². The number of hydrogen-bond acceptors (Lipinski definition) is 1. The average Bonchev–Trinajstić information content (AvgIpc) is 2.55. The van der Waals surface area contributed by atoms with Gasteiger partial charge in [-0.15, -0.1) is 0 Å². The summed E-state index contributed by atoms with van der Waals surface area (Å²) in [6.45, 7) is 17.8. The zero-order valence-corrected chi connectivity index (χ0v) is 16.3. The Labute approximate surface area is 145 Å². The highest BCUT2D eigenvalue weighted by atomic mass is 15.0. The standard InChI is InChI=1S/C22H39N/c1-8-12-14-15-17-18(5)20(7)23-22(11-4)21(10-3)19(6)16-13-9-2/h12-18,20-23H,6,8-11H2,1-5,7H3/b14-12-,16-13-,17-15-. The van der Waals surface area contributed by atoms with E-state index in [1.54, 1.807) is 0 Å². The molecule has 0 spiro atoms. The van der Waals surface area contributed by atoms with Crippen molar-refractivity contribution < 1.29 is 0 Å². The smallest absolute Gasteiger partial charge is 0.0136 e. The van der Waals surface area contributed by atoms with E-state index >= 15 is 0 Å². The van der Waals surface area contributed by atoms with Gasteiger partial charge in [-0.2, -0.15) is 0 Å². The highest BCUT2D eigenvalue weighted by Gasteiger charge is 2.22. The van der Waals surface area contributed by atoms with Gasteiger partial charge in [-0.05, 0) is 44.4 Å². The molecule has 0 heterocycles. The third kappa shape index (κ3) is 8.95. The van der Waals surface area contributed by atoms with Crippen LogP contribution in [0.25, 0.3) is 0 Å². The van der Waals surface area contributed by atoms with Crippen molar-refractivity contribution in [3.05, 3.63) is 48.6 Å². The Kier molecular flexibility index (Phi) is 12.7. The zero-order chi connectivity index (χ0) is 17.7. The van der Waals surface area contributed by atoms with Gasteiger partial charge in [-0.25, -0.2) is 0 Å². The van der Waals surface area contributed by atoms with Crippen LogP contribution in [0.2, 0.25) is 0 Å². The van der Waals surface area contributed by atoms with Crippen LogP contribution < -0.4 is 5.32 Å². The van der Waals surface area contributed by atoms with E-state index in [2.05, 4.69) is 89.9 Å². The van der Waals surface area contributed by atoms with Crippen molar-refractivity contribution in [3.8, 4) is 0 Å². The van der Waals surface area contributed by atoms with Gasteiger partial charge in [-0.3, -0.25) is 0 Å². The quantitative estimate of drug-likeness (QED) is 0.408. The lowest BCUT2D eigenvalue weighted by Crippen LogP contribution is -2.43. The van der Waals surface area contributed by atoms with Crippen molar-refractivity contribution in [2.75, 3.05) is 0 Å². The second-order valence-electron chi connectivity index (χ2n) is 6.45. The largest absolute Gasteiger partial charge is 0.310 e. The van der Waals surface area contributed by atoms with Crippen LogP contribution in [0.3, 0.4) is 0 Å². The minimum absolute atomic E-state index is 0.461. The van der Waals surface area contributed by atoms with Gasteiger partial charge in [0.25, 0.3) is 0 Å². The molecular weight excluding hydrogens is 278 g/mol. The number of rotatable bonds is 12. The van der Waals surface area contributed by atoms with E-state index in [1.165, 1.54) is 5.57 Å².